The van der Waals surface area contributed by atoms with Crippen molar-refractivity contribution in [1.29, 1.82) is 0 Å². The van der Waals surface area contributed by atoms with Crippen molar-refractivity contribution in [2.24, 2.45) is 0 Å². The lowest BCUT2D eigenvalue weighted by Gasteiger charge is -2.13. The van der Waals surface area contributed by atoms with Crippen LogP contribution in [0.2, 0.25) is 0 Å². The molecule has 0 aliphatic carbocycles. The highest BCUT2D eigenvalue weighted by Crippen LogP contribution is 2.21. The zero-order chi connectivity index (χ0) is 13.8. The van der Waals surface area contributed by atoms with Crippen LogP contribution in [0, 0.1) is 6.92 Å². The summed E-state index contributed by atoms with van der Waals surface area (Å²) in [4.78, 5) is 15.9. The first-order valence-electron chi connectivity index (χ1n) is 6.11. The van der Waals surface area contributed by atoms with Crippen LogP contribution in [0.1, 0.15) is 34.0 Å². The van der Waals surface area contributed by atoms with Crippen LogP contribution in [0.3, 0.4) is 0 Å². The summed E-state index contributed by atoms with van der Waals surface area (Å²) >= 11 is 1.65. The van der Waals surface area contributed by atoms with Gasteiger partial charge in [0.15, 0.2) is 0 Å². The Morgan fingerprint density at radius 1 is 1.32 bits per heavy atom. The van der Waals surface area contributed by atoms with E-state index in [0.29, 0.717) is 5.56 Å². The molecule has 0 bridgehead atoms. The standard InChI is InChI=1S/C14H17N3OS/c1-9(13-8-19-10(2)17-13)16-12-6-4-11(5-7-12)14(18)15-3/h4-9,16H,1-3H3,(H,15,18). The van der Waals surface area contributed by atoms with Crippen LogP contribution in [0.4, 0.5) is 5.69 Å². The summed E-state index contributed by atoms with van der Waals surface area (Å²) in [7, 11) is 1.63. The average Bonchev–Trinajstić information content (AvgIpc) is 2.85. The molecule has 0 aliphatic rings. The number of nitrogens with one attached hydrogen (secondary N) is 2. The molecule has 0 radical (unpaired) electrons. The van der Waals surface area contributed by atoms with Gasteiger partial charge in [-0.05, 0) is 38.1 Å². The summed E-state index contributed by atoms with van der Waals surface area (Å²) in [5.74, 6) is -0.0743. The third-order valence-electron chi connectivity index (χ3n) is 2.84. The summed E-state index contributed by atoms with van der Waals surface area (Å²) in [6.45, 7) is 4.07. The number of nitrogens with zero attached hydrogens (tertiary/aromatic N) is 1. The number of hydrogen-bond donors (Lipinski definition) is 2. The van der Waals surface area contributed by atoms with Crippen molar-refractivity contribution < 1.29 is 4.79 Å². The van der Waals surface area contributed by atoms with E-state index in [1.807, 2.05) is 19.1 Å². The van der Waals surface area contributed by atoms with Crippen LogP contribution in [0.15, 0.2) is 29.6 Å². The highest BCUT2D eigenvalue weighted by atomic mass is 32.1. The molecule has 2 rings (SSSR count). The Hall–Kier alpha value is -1.88. The minimum Gasteiger partial charge on any atom is -0.377 e. The quantitative estimate of drug-likeness (QED) is 0.902. The number of aryl methyl sites for hydroxylation is 1. The van der Waals surface area contributed by atoms with Crippen molar-refractivity contribution in [2.75, 3.05) is 12.4 Å². The van der Waals surface area contributed by atoms with Crippen molar-refractivity contribution in [1.82, 2.24) is 10.3 Å². The number of amides is 1. The Balaban J connectivity index is 2.05. The van der Waals surface area contributed by atoms with Gasteiger partial charge in [0.1, 0.15) is 0 Å². The van der Waals surface area contributed by atoms with Gasteiger partial charge in [-0.1, -0.05) is 0 Å². The average molecular weight is 275 g/mol. The van der Waals surface area contributed by atoms with E-state index in [1.54, 1.807) is 30.5 Å². The van der Waals surface area contributed by atoms with Crippen LogP contribution in [0.25, 0.3) is 0 Å². The molecule has 0 saturated carbocycles. The zero-order valence-corrected chi connectivity index (χ0v) is 12.0. The van der Waals surface area contributed by atoms with Gasteiger partial charge in [-0.25, -0.2) is 4.98 Å². The monoisotopic (exact) mass is 275 g/mol. The lowest BCUT2D eigenvalue weighted by atomic mass is 10.1. The maximum absolute atomic E-state index is 11.4. The van der Waals surface area contributed by atoms with E-state index in [1.165, 1.54) is 0 Å². The summed E-state index contributed by atoms with van der Waals surface area (Å²) in [5, 5.41) is 9.10. The molecule has 1 atom stereocenters. The van der Waals surface area contributed by atoms with Crippen LogP contribution < -0.4 is 10.6 Å². The normalized spacial score (nSPS) is 11.9. The van der Waals surface area contributed by atoms with E-state index in [4.69, 9.17) is 0 Å². The second kappa shape index (κ2) is 5.84. The summed E-state index contributed by atoms with van der Waals surface area (Å²) < 4.78 is 0. The van der Waals surface area contributed by atoms with Gasteiger partial charge in [0.25, 0.3) is 5.91 Å². The molecule has 1 heterocycles. The molecule has 0 spiro atoms. The minimum absolute atomic E-state index is 0.0743. The van der Waals surface area contributed by atoms with Gasteiger partial charge < -0.3 is 10.6 Å². The number of carbonyl (C=O) groups is 1. The van der Waals surface area contributed by atoms with E-state index >= 15 is 0 Å². The van der Waals surface area contributed by atoms with E-state index in [-0.39, 0.29) is 11.9 Å². The fraction of sp³-hybridized carbons (Fsp3) is 0.286. The largest absolute Gasteiger partial charge is 0.377 e. The first-order valence-corrected chi connectivity index (χ1v) is 6.99. The Kier molecular flexibility index (Phi) is 4.16. The topological polar surface area (TPSA) is 54.0 Å². The summed E-state index contributed by atoms with van der Waals surface area (Å²) in [6.07, 6.45) is 0. The maximum atomic E-state index is 11.4. The minimum atomic E-state index is -0.0743. The Bertz CT molecular complexity index is 562. The molecule has 0 fully saturated rings. The number of thiazole rings is 1. The lowest BCUT2D eigenvalue weighted by molar-refractivity contribution is 0.0963. The second-order valence-electron chi connectivity index (χ2n) is 4.31. The first-order chi connectivity index (χ1) is 9.10. The molecule has 1 unspecified atom stereocenters. The Morgan fingerprint density at radius 3 is 2.53 bits per heavy atom. The summed E-state index contributed by atoms with van der Waals surface area (Å²) in [6, 6.07) is 7.57. The lowest BCUT2D eigenvalue weighted by Crippen LogP contribution is -2.17. The van der Waals surface area contributed by atoms with Crippen LogP contribution in [-0.2, 0) is 0 Å². The van der Waals surface area contributed by atoms with E-state index in [9.17, 15) is 4.79 Å². The third-order valence-corrected chi connectivity index (χ3v) is 3.63. The zero-order valence-electron chi connectivity index (χ0n) is 11.2. The number of carbonyl (C=O) groups excluding carboxylic acids is 1. The SMILES string of the molecule is CNC(=O)c1ccc(NC(C)c2csc(C)n2)cc1. The van der Waals surface area contributed by atoms with E-state index in [2.05, 4.69) is 27.9 Å². The van der Waals surface area contributed by atoms with Gasteiger partial charge in [-0.15, -0.1) is 11.3 Å². The molecule has 19 heavy (non-hydrogen) atoms. The number of hydrogen-bond acceptors (Lipinski definition) is 4. The Labute approximate surface area is 116 Å². The first kappa shape index (κ1) is 13.5. The van der Waals surface area contributed by atoms with Crippen LogP contribution in [0.5, 0.6) is 0 Å². The molecule has 1 amide bonds. The van der Waals surface area contributed by atoms with Crippen molar-refractivity contribution in [3.63, 3.8) is 0 Å². The molecule has 100 valence electrons. The maximum Gasteiger partial charge on any atom is 0.251 e. The van der Waals surface area contributed by atoms with Gasteiger partial charge in [0.05, 0.1) is 16.7 Å². The van der Waals surface area contributed by atoms with Crippen LogP contribution >= 0.6 is 11.3 Å². The highest BCUT2D eigenvalue weighted by Gasteiger charge is 2.09. The van der Waals surface area contributed by atoms with Gasteiger partial charge >= 0.3 is 0 Å². The molecule has 5 heteroatoms. The second-order valence-corrected chi connectivity index (χ2v) is 5.38. The van der Waals surface area contributed by atoms with Crippen molar-refractivity contribution in [2.45, 2.75) is 19.9 Å². The molecule has 2 aromatic rings. The van der Waals surface area contributed by atoms with Crippen molar-refractivity contribution in [3.8, 4) is 0 Å². The summed E-state index contributed by atoms with van der Waals surface area (Å²) in [5.41, 5.74) is 2.67. The molecular formula is C14H17N3OS. The fourth-order valence-electron chi connectivity index (χ4n) is 1.77. The van der Waals surface area contributed by atoms with Gasteiger partial charge in [-0.3, -0.25) is 4.79 Å². The molecule has 1 aromatic heterocycles. The van der Waals surface area contributed by atoms with Gasteiger partial charge in [0.2, 0.25) is 0 Å². The third kappa shape index (κ3) is 3.32. The van der Waals surface area contributed by atoms with Crippen molar-refractivity contribution in [3.05, 3.63) is 45.9 Å². The smallest absolute Gasteiger partial charge is 0.251 e. The van der Waals surface area contributed by atoms with E-state index < -0.39 is 0 Å². The number of benzene rings is 1. The predicted molar refractivity (Wildman–Crippen MR) is 78.7 cm³/mol. The highest BCUT2D eigenvalue weighted by molar-refractivity contribution is 7.09. The molecule has 0 saturated heterocycles. The molecule has 2 N–H and O–H groups in total. The number of aromatic nitrogens is 1. The molecule has 4 nitrogen and oxygen atoms in total. The molecule has 1 aromatic carbocycles. The predicted octanol–water partition coefficient (Wildman–Crippen LogP) is 2.98. The number of rotatable bonds is 4. The van der Waals surface area contributed by atoms with Crippen molar-refractivity contribution >= 4 is 22.9 Å². The fourth-order valence-corrected chi connectivity index (χ4v) is 2.47. The van der Waals surface area contributed by atoms with E-state index in [0.717, 1.165) is 16.4 Å². The molecule has 0 aliphatic heterocycles. The molecular weight excluding hydrogens is 258 g/mol. The van der Waals surface area contributed by atoms with Crippen LogP contribution in [-0.4, -0.2) is 17.9 Å². The number of anilines is 1. The Morgan fingerprint density at radius 2 is 2.00 bits per heavy atom. The van der Waals surface area contributed by atoms with Gasteiger partial charge in [-0.2, -0.15) is 0 Å². The van der Waals surface area contributed by atoms with Gasteiger partial charge in [0, 0.05) is 23.7 Å².